The summed E-state index contributed by atoms with van der Waals surface area (Å²) >= 11 is 0. The van der Waals surface area contributed by atoms with Crippen molar-refractivity contribution >= 4 is 22.6 Å². The van der Waals surface area contributed by atoms with Gasteiger partial charge in [0.1, 0.15) is 0 Å². The molecule has 0 aromatic rings. The first-order chi connectivity index (χ1) is 13.0. The first kappa shape index (κ1) is 24.8. The van der Waals surface area contributed by atoms with E-state index in [2.05, 4.69) is 67.7 Å². The molecule has 0 amide bonds. The van der Waals surface area contributed by atoms with Crippen LogP contribution in [0.2, 0.25) is 36.3 Å². The Bertz CT molecular complexity index is 607. The Morgan fingerprint density at radius 2 is 1.28 bits per heavy atom. The molecule has 6 heteroatoms. The van der Waals surface area contributed by atoms with Gasteiger partial charge in [0.05, 0.1) is 19.3 Å². The van der Waals surface area contributed by atoms with E-state index in [1.165, 1.54) is 7.11 Å². The van der Waals surface area contributed by atoms with Crippen molar-refractivity contribution in [2.45, 2.75) is 116 Å². The largest absolute Gasteiger partial charge is 0.466 e. The Kier molecular flexibility index (Phi) is 6.78. The van der Waals surface area contributed by atoms with Gasteiger partial charge in [-0.1, -0.05) is 47.1 Å². The predicted molar refractivity (Wildman–Crippen MR) is 125 cm³/mol. The van der Waals surface area contributed by atoms with E-state index in [9.17, 15) is 4.79 Å². The number of carbonyl (C=O) groups excluding carboxylic acids is 1. The molecule has 2 unspecified atom stereocenters. The van der Waals surface area contributed by atoms with Crippen LogP contribution in [-0.2, 0) is 18.4 Å². The third-order valence-electron chi connectivity index (χ3n) is 8.01. The summed E-state index contributed by atoms with van der Waals surface area (Å²) in [5.74, 6) is -0.274. The van der Waals surface area contributed by atoms with Crippen LogP contribution in [0.3, 0.4) is 0 Å². The molecule has 2 fully saturated rings. The summed E-state index contributed by atoms with van der Waals surface area (Å²) in [5, 5.41) is 0.311. The predicted octanol–water partition coefficient (Wildman–Crippen LogP) is 6.44. The van der Waals surface area contributed by atoms with Crippen LogP contribution in [0.15, 0.2) is 11.6 Å². The number of rotatable bonds is 5. The van der Waals surface area contributed by atoms with E-state index in [4.69, 9.17) is 13.6 Å². The van der Waals surface area contributed by atoms with E-state index in [0.29, 0.717) is 0 Å². The molecule has 0 aromatic heterocycles. The minimum atomic E-state index is -1.93. The number of esters is 1. The number of carbonyl (C=O) groups is 1. The van der Waals surface area contributed by atoms with Crippen molar-refractivity contribution < 1.29 is 18.4 Å². The highest BCUT2D eigenvalue weighted by Crippen LogP contribution is 2.61. The number of methoxy groups -OCH3 is 1. The molecule has 1 spiro atoms. The first-order valence-electron chi connectivity index (χ1n) is 11.1. The highest BCUT2D eigenvalue weighted by Gasteiger charge is 2.61. The topological polar surface area (TPSA) is 44.8 Å². The van der Waals surface area contributed by atoms with E-state index in [-0.39, 0.29) is 33.7 Å². The van der Waals surface area contributed by atoms with Crippen LogP contribution >= 0.6 is 0 Å². The molecule has 2 aliphatic carbocycles. The van der Waals surface area contributed by atoms with Crippen LogP contribution in [-0.4, -0.2) is 41.9 Å². The zero-order valence-electron chi connectivity index (χ0n) is 20.7. The SMILES string of the molecule is COC(=O)C=C1CC(O[Si](C)(C)C(C)(C)C)C2(CC2)C(O[Si](C)(C)C(C)(C)C)C1. The molecule has 29 heavy (non-hydrogen) atoms. The summed E-state index contributed by atoms with van der Waals surface area (Å²) in [6, 6.07) is 0. The minimum Gasteiger partial charge on any atom is -0.466 e. The maximum Gasteiger partial charge on any atom is 0.330 e. The molecule has 2 atom stereocenters. The van der Waals surface area contributed by atoms with Gasteiger partial charge in [-0.05, 0) is 61.9 Å². The minimum absolute atomic E-state index is 0.110. The van der Waals surface area contributed by atoms with Gasteiger partial charge in [-0.3, -0.25) is 0 Å². The Labute approximate surface area is 181 Å². The van der Waals surface area contributed by atoms with E-state index in [0.717, 1.165) is 31.3 Å². The molecule has 2 saturated carbocycles. The first-order valence-corrected chi connectivity index (χ1v) is 16.9. The number of ether oxygens (including phenoxy) is 1. The second kappa shape index (κ2) is 7.92. The zero-order chi connectivity index (χ0) is 22.5. The maximum atomic E-state index is 12.0. The summed E-state index contributed by atoms with van der Waals surface area (Å²) in [4.78, 5) is 12.0. The smallest absolute Gasteiger partial charge is 0.330 e. The van der Waals surface area contributed by atoms with Gasteiger partial charge < -0.3 is 13.6 Å². The Balaban J connectivity index is 2.38. The second-order valence-corrected chi connectivity index (χ2v) is 21.7. The molecule has 2 rings (SSSR count). The van der Waals surface area contributed by atoms with E-state index >= 15 is 0 Å². The Morgan fingerprint density at radius 3 is 1.55 bits per heavy atom. The monoisotopic (exact) mass is 440 g/mol. The van der Waals surface area contributed by atoms with Gasteiger partial charge in [0.15, 0.2) is 16.6 Å². The summed E-state index contributed by atoms with van der Waals surface area (Å²) in [5.41, 5.74) is 1.22. The quantitative estimate of drug-likeness (QED) is 0.280. The normalized spacial score (nSPS) is 25.1. The van der Waals surface area contributed by atoms with Crippen molar-refractivity contribution in [3.8, 4) is 0 Å². The van der Waals surface area contributed by atoms with Gasteiger partial charge in [0.2, 0.25) is 0 Å². The Hall–Kier alpha value is -0.436. The van der Waals surface area contributed by atoms with Crippen LogP contribution in [0, 0.1) is 5.41 Å². The second-order valence-electron chi connectivity index (χ2n) is 12.2. The molecule has 0 aliphatic heterocycles. The van der Waals surface area contributed by atoms with Crippen LogP contribution in [0.5, 0.6) is 0 Å². The molecule has 4 nitrogen and oxygen atoms in total. The maximum absolute atomic E-state index is 12.0. The van der Waals surface area contributed by atoms with Crippen LogP contribution < -0.4 is 0 Å². The fourth-order valence-electron chi connectivity index (χ4n) is 3.69. The summed E-state index contributed by atoms with van der Waals surface area (Å²) in [6.45, 7) is 23.0. The van der Waals surface area contributed by atoms with Crippen LogP contribution in [0.1, 0.15) is 67.2 Å². The van der Waals surface area contributed by atoms with Crippen LogP contribution in [0.25, 0.3) is 0 Å². The molecular weight excluding hydrogens is 396 g/mol. The lowest BCUT2D eigenvalue weighted by Crippen LogP contribution is -2.54. The van der Waals surface area contributed by atoms with E-state index in [1.54, 1.807) is 6.08 Å². The Morgan fingerprint density at radius 1 is 0.897 bits per heavy atom. The molecule has 168 valence electrons. The lowest BCUT2D eigenvalue weighted by molar-refractivity contribution is -0.135. The summed E-state index contributed by atoms with van der Waals surface area (Å²) < 4.78 is 18.9. The molecule has 0 heterocycles. The molecule has 0 N–H and O–H groups in total. The molecular formula is C23H44O4Si2. The van der Waals surface area contributed by atoms with Gasteiger partial charge in [0.25, 0.3) is 0 Å². The highest BCUT2D eigenvalue weighted by atomic mass is 28.4. The molecule has 0 bridgehead atoms. The zero-order valence-corrected chi connectivity index (χ0v) is 22.7. The molecule has 0 saturated heterocycles. The fourth-order valence-corrected chi connectivity index (χ4v) is 6.45. The number of hydrogen-bond acceptors (Lipinski definition) is 4. The van der Waals surface area contributed by atoms with Gasteiger partial charge in [-0.25, -0.2) is 4.79 Å². The van der Waals surface area contributed by atoms with Crippen molar-refractivity contribution in [2.24, 2.45) is 5.41 Å². The van der Waals surface area contributed by atoms with Gasteiger partial charge >= 0.3 is 5.97 Å². The summed E-state index contributed by atoms with van der Waals surface area (Å²) in [7, 11) is -2.42. The fraction of sp³-hybridized carbons (Fsp3) is 0.870. The molecule has 2 aliphatic rings. The highest BCUT2D eigenvalue weighted by molar-refractivity contribution is 6.74. The van der Waals surface area contributed by atoms with E-state index in [1.807, 2.05) is 0 Å². The van der Waals surface area contributed by atoms with Crippen LogP contribution in [0.4, 0.5) is 0 Å². The average Bonchev–Trinajstić information content (AvgIpc) is 3.31. The molecule has 0 aromatic carbocycles. The standard InChI is InChI=1S/C23H44O4Si2/c1-21(2,3)28(8,9)26-18-14-17(16-20(24)25-7)15-19(23(18)12-13-23)27-29(10,11)22(4,5)6/h16,18-19H,12-15H2,1-11H3. The van der Waals surface area contributed by atoms with Gasteiger partial charge in [-0.15, -0.1) is 0 Å². The van der Waals surface area contributed by atoms with Gasteiger partial charge in [0, 0.05) is 11.5 Å². The van der Waals surface area contributed by atoms with Crippen molar-refractivity contribution in [2.75, 3.05) is 7.11 Å². The third kappa shape index (κ3) is 5.25. The van der Waals surface area contributed by atoms with Crippen molar-refractivity contribution in [3.05, 3.63) is 11.6 Å². The van der Waals surface area contributed by atoms with Gasteiger partial charge in [-0.2, -0.15) is 0 Å². The lowest BCUT2D eigenvalue weighted by Gasteiger charge is -2.49. The van der Waals surface area contributed by atoms with Crippen molar-refractivity contribution in [1.29, 1.82) is 0 Å². The average molecular weight is 441 g/mol. The van der Waals surface area contributed by atoms with Crippen molar-refractivity contribution in [1.82, 2.24) is 0 Å². The third-order valence-corrected chi connectivity index (χ3v) is 17.0. The summed E-state index contributed by atoms with van der Waals surface area (Å²) in [6.07, 6.45) is 5.90. The number of hydrogen-bond donors (Lipinski definition) is 0. The molecule has 0 radical (unpaired) electrons. The van der Waals surface area contributed by atoms with E-state index < -0.39 is 16.6 Å². The van der Waals surface area contributed by atoms with Crippen molar-refractivity contribution in [3.63, 3.8) is 0 Å². The lowest BCUT2D eigenvalue weighted by atomic mass is 9.78.